The van der Waals surface area contributed by atoms with Gasteiger partial charge in [0.15, 0.2) is 0 Å². The van der Waals surface area contributed by atoms with E-state index in [0.29, 0.717) is 10.3 Å². The molecule has 0 atom stereocenters. The van der Waals surface area contributed by atoms with Gasteiger partial charge in [-0.2, -0.15) is 13.2 Å². The fourth-order valence-electron chi connectivity index (χ4n) is 2.77. The topological polar surface area (TPSA) is 48.0 Å². The number of aromatic nitrogens is 1. The molecule has 1 heterocycles. The molecule has 0 fully saturated rings. The summed E-state index contributed by atoms with van der Waals surface area (Å²) in [6.45, 7) is 0. The molecular formula is C18H14F4N2O. The van der Waals surface area contributed by atoms with Gasteiger partial charge in [-0.1, -0.05) is 18.2 Å². The average Bonchev–Trinajstić information content (AvgIpc) is 2.92. The minimum Gasteiger partial charge on any atom is -0.399 e. The molecule has 0 aliphatic carbocycles. The number of nitrogen functional groups attached to an aromatic ring is 1. The van der Waals surface area contributed by atoms with Gasteiger partial charge >= 0.3 is 6.18 Å². The lowest BCUT2D eigenvalue weighted by Gasteiger charge is -2.12. The summed E-state index contributed by atoms with van der Waals surface area (Å²) in [7, 11) is 0. The van der Waals surface area contributed by atoms with E-state index in [4.69, 9.17) is 5.73 Å². The highest BCUT2D eigenvalue weighted by Crippen LogP contribution is 2.35. The van der Waals surface area contributed by atoms with Crippen molar-refractivity contribution in [2.24, 2.45) is 0 Å². The van der Waals surface area contributed by atoms with Crippen LogP contribution >= 0.6 is 0 Å². The quantitative estimate of drug-likeness (QED) is 0.552. The summed E-state index contributed by atoms with van der Waals surface area (Å²) in [4.78, 5) is 12.5. The molecule has 0 aliphatic rings. The Bertz CT molecular complexity index is 944. The molecule has 0 saturated heterocycles. The normalized spacial score (nSPS) is 11.8. The maximum absolute atomic E-state index is 13.6. The van der Waals surface area contributed by atoms with E-state index >= 15 is 0 Å². The summed E-state index contributed by atoms with van der Waals surface area (Å²) in [6, 6.07) is 10.9. The molecule has 130 valence electrons. The number of benzene rings is 2. The number of alkyl halides is 3. The molecule has 3 aromatic rings. The van der Waals surface area contributed by atoms with Gasteiger partial charge in [-0.15, -0.1) is 0 Å². The van der Waals surface area contributed by atoms with E-state index in [1.54, 1.807) is 6.07 Å². The van der Waals surface area contributed by atoms with Crippen molar-refractivity contribution in [2.75, 3.05) is 5.73 Å². The predicted octanol–water partition coefficient (Wildman–Crippen LogP) is 4.65. The Morgan fingerprint density at radius 3 is 2.48 bits per heavy atom. The van der Waals surface area contributed by atoms with Crippen LogP contribution in [0.3, 0.4) is 0 Å². The molecule has 0 radical (unpaired) electrons. The van der Waals surface area contributed by atoms with Crippen molar-refractivity contribution in [2.45, 2.75) is 19.0 Å². The Labute approximate surface area is 140 Å². The third kappa shape index (κ3) is 3.35. The van der Waals surface area contributed by atoms with Crippen LogP contribution in [0.1, 0.15) is 22.5 Å². The summed E-state index contributed by atoms with van der Waals surface area (Å²) >= 11 is 0. The fourth-order valence-corrected chi connectivity index (χ4v) is 2.77. The van der Waals surface area contributed by atoms with E-state index < -0.39 is 23.6 Å². The van der Waals surface area contributed by atoms with Crippen LogP contribution in [0, 0.1) is 5.82 Å². The SMILES string of the molecule is Nc1ccc2c(c1)cc(C(F)(F)F)n2C(=O)CCc1ccccc1F. The van der Waals surface area contributed by atoms with Crippen molar-refractivity contribution in [3.8, 4) is 0 Å². The second kappa shape index (κ2) is 6.23. The summed E-state index contributed by atoms with van der Waals surface area (Å²) < 4.78 is 54.2. The van der Waals surface area contributed by atoms with E-state index in [9.17, 15) is 22.4 Å². The lowest BCUT2D eigenvalue weighted by molar-refractivity contribution is -0.142. The summed E-state index contributed by atoms with van der Waals surface area (Å²) in [5.74, 6) is -1.24. The van der Waals surface area contributed by atoms with Gasteiger partial charge in [0.05, 0.1) is 5.52 Å². The molecular weight excluding hydrogens is 336 g/mol. The highest BCUT2D eigenvalue weighted by molar-refractivity contribution is 5.95. The number of nitrogens with two attached hydrogens (primary N) is 1. The summed E-state index contributed by atoms with van der Waals surface area (Å²) in [5, 5.41) is 0.228. The summed E-state index contributed by atoms with van der Waals surface area (Å²) in [5.41, 5.74) is 5.25. The Hall–Kier alpha value is -2.83. The van der Waals surface area contributed by atoms with Crippen LogP contribution in [0.4, 0.5) is 23.2 Å². The number of hydrogen-bond donors (Lipinski definition) is 1. The monoisotopic (exact) mass is 350 g/mol. The lowest BCUT2D eigenvalue weighted by Crippen LogP contribution is -2.20. The molecule has 1 aromatic heterocycles. The van der Waals surface area contributed by atoms with E-state index in [1.165, 1.54) is 36.4 Å². The predicted molar refractivity (Wildman–Crippen MR) is 86.7 cm³/mol. The Morgan fingerprint density at radius 1 is 1.08 bits per heavy atom. The number of nitrogens with zero attached hydrogens (tertiary/aromatic N) is 1. The van der Waals surface area contributed by atoms with Crippen LogP contribution in [-0.2, 0) is 12.6 Å². The van der Waals surface area contributed by atoms with E-state index in [-0.39, 0.29) is 29.3 Å². The first-order chi connectivity index (χ1) is 11.8. The molecule has 2 aromatic carbocycles. The highest BCUT2D eigenvalue weighted by atomic mass is 19.4. The largest absolute Gasteiger partial charge is 0.431 e. The minimum absolute atomic E-state index is 0.0114. The zero-order valence-electron chi connectivity index (χ0n) is 13.0. The molecule has 3 nitrogen and oxygen atoms in total. The number of halogens is 4. The molecule has 25 heavy (non-hydrogen) atoms. The zero-order valence-corrected chi connectivity index (χ0v) is 13.0. The molecule has 7 heteroatoms. The number of anilines is 1. The smallest absolute Gasteiger partial charge is 0.399 e. The number of hydrogen-bond acceptors (Lipinski definition) is 2. The number of carbonyl (C=O) groups excluding carboxylic acids is 1. The van der Waals surface area contributed by atoms with Gasteiger partial charge < -0.3 is 5.73 Å². The average molecular weight is 350 g/mol. The van der Waals surface area contributed by atoms with Crippen LogP contribution in [0.15, 0.2) is 48.5 Å². The molecule has 2 N–H and O–H groups in total. The third-order valence-corrected chi connectivity index (χ3v) is 3.93. The van der Waals surface area contributed by atoms with Crippen molar-refractivity contribution in [1.82, 2.24) is 4.57 Å². The molecule has 0 aliphatic heterocycles. The highest BCUT2D eigenvalue weighted by Gasteiger charge is 2.37. The van der Waals surface area contributed by atoms with Gasteiger partial charge in [0.2, 0.25) is 5.91 Å². The molecule has 0 amide bonds. The van der Waals surface area contributed by atoms with E-state index in [2.05, 4.69) is 0 Å². The van der Waals surface area contributed by atoms with E-state index in [1.807, 2.05) is 0 Å². The number of carbonyl (C=O) groups is 1. The first-order valence-corrected chi connectivity index (χ1v) is 7.52. The molecule has 3 rings (SSSR count). The first kappa shape index (κ1) is 17.0. The number of aryl methyl sites for hydroxylation is 1. The minimum atomic E-state index is -4.69. The Balaban J connectivity index is 1.98. The van der Waals surface area contributed by atoms with Crippen LogP contribution in [0.5, 0.6) is 0 Å². The van der Waals surface area contributed by atoms with Gasteiger partial charge in [-0.3, -0.25) is 9.36 Å². The van der Waals surface area contributed by atoms with Gasteiger partial charge in [0.1, 0.15) is 11.5 Å². The number of fused-ring (bicyclic) bond motifs is 1. The third-order valence-electron chi connectivity index (χ3n) is 3.93. The summed E-state index contributed by atoms with van der Waals surface area (Å²) in [6.07, 6.45) is -4.93. The second-order valence-electron chi connectivity index (χ2n) is 5.67. The fraction of sp³-hybridized carbons (Fsp3) is 0.167. The molecule has 0 bridgehead atoms. The molecule has 0 saturated carbocycles. The van der Waals surface area contributed by atoms with Crippen LogP contribution in [-0.4, -0.2) is 10.5 Å². The molecule has 0 unspecified atom stereocenters. The van der Waals surface area contributed by atoms with Gasteiger partial charge in [-0.05, 0) is 42.3 Å². The van der Waals surface area contributed by atoms with Crippen molar-refractivity contribution in [3.63, 3.8) is 0 Å². The zero-order chi connectivity index (χ0) is 18.2. The standard InChI is InChI=1S/C18H14F4N2O/c19-14-4-2-1-3-11(14)5-8-17(25)24-15-7-6-13(23)9-12(15)10-16(24)18(20,21)22/h1-4,6-7,9-10H,5,8,23H2. The maximum atomic E-state index is 13.6. The van der Waals surface area contributed by atoms with Gasteiger partial charge in [0, 0.05) is 17.5 Å². The Kier molecular flexibility index (Phi) is 4.24. The van der Waals surface area contributed by atoms with E-state index in [0.717, 1.165) is 6.07 Å². The Morgan fingerprint density at radius 2 is 1.80 bits per heavy atom. The lowest BCUT2D eigenvalue weighted by atomic mass is 10.1. The van der Waals surface area contributed by atoms with Crippen LogP contribution in [0.25, 0.3) is 10.9 Å². The van der Waals surface area contributed by atoms with Crippen molar-refractivity contribution < 1.29 is 22.4 Å². The van der Waals surface area contributed by atoms with Gasteiger partial charge in [-0.25, -0.2) is 4.39 Å². The molecule has 0 spiro atoms. The van der Waals surface area contributed by atoms with Crippen LogP contribution < -0.4 is 5.73 Å². The van der Waals surface area contributed by atoms with Crippen molar-refractivity contribution >= 4 is 22.5 Å². The van der Waals surface area contributed by atoms with Crippen LogP contribution in [0.2, 0.25) is 0 Å². The number of rotatable bonds is 3. The van der Waals surface area contributed by atoms with Crippen molar-refractivity contribution in [3.05, 3.63) is 65.6 Å². The van der Waals surface area contributed by atoms with Gasteiger partial charge in [0.25, 0.3) is 0 Å². The second-order valence-corrected chi connectivity index (χ2v) is 5.67. The van der Waals surface area contributed by atoms with Crippen molar-refractivity contribution in [1.29, 1.82) is 0 Å². The maximum Gasteiger partial charge on any atom is 0.431 e. The first-order valence-electron chi connectivity index (χ1n) is 7.52.